The average Bonchev–Trinajstić information content (AvgIpc) is 2.67. The Balaban J connectivity index is 0.00000243. The third-order valence-electron chi connectivity index (χ3n) is 4.62. The zero-order chi connectivity index (χ0) is 17.6. The van der Waals surface area contributed by atoms with Crippen molar-refractivity contribution in [3.05, 3.63) is 60.2 Å². The first-order valence-corrected chi connectivity index (χ1v) is 9.75. The summed E-state index contributed by atoms with van der Waals surface area (Å²) in [5.74, 6) is 0.901. The van der Waals surface area contributed by atoms with Crippen LogP contribution in [0, 0.1) is 0 Å². The van der Waals surface area contributed by atoms with Crippen LogP contribution in [0.3, 0.4) is 0 Å². The number of benzene rings is 3. The van der Waals surface area contributed by atoms with E-state index in [1.54, 1.807) is 11.8 Å². The van der Waals surface area contributed by atoms with Crippen LogP contribution in [0.5, 0.6) is 0 Å². The fourth-order valence-corrected chi connectivity index (χ4v) is 4.17. The van der Waals surface area contributed by atoms with Gasteiger partial charge in [-0.15, -0.1) is 11.8 Å². The third kappa shape index (κ3) is 4.32. The van der Waals surface area contributed by atoms with Gasteiger partial charge in [-0.05, 0) is 40.7 Å². The van der Waals surface area contributed by atoms with E-state index in [0.717, 1.165) is 41.7 Å². The van der Waals surface area contributed by atoms with Crippen LogP contribution in [0.2, 0.25) is 0 Å². The molecule has 3 rings (SSSR count). The Kier molecular flexibility index (Phi) is 7.76. The van der Waals surface area contributed by atoms with E-state index < -0.39 is 0 Å². The van der Waals surface area contributed by atoms with Crippen LogP contribution in [0.4, 0.5) is 0 Å². The van der Waals surface area contributed by atoms with Crippen molar-refractivity contribution < 1.29 is 17.6 Å². The molecule has 0 unspecified atom stereocenters. The SMILES string of the molecule is CCN(CC)CCS/C(=N/O)c1c2ccccc2cc2ccccc12.[Cl-]. The highest BCUT2D eigenvalue weighted by Crippen LogP contribution is 2.31. The smallest absolute Gasteiger partial charge is 0.144 e. The molecule has 0 aliphatic heterocycles. The molecule has 0 fully saturated rings. The Bertz CT molecular complexity index is 839. The van der Waals surface area contributed by atoms with E-state index in [9.17, 15) is 5.21 Å². The highest BCUT2D eigenvalue weighted by atomic mass is 35.5. The zero-order valence-corrected chi connectivity index (χ0v) is 16.7. The van der Waals surface area contributed by atoms with Crippen LogP contribution in [0.15, 0.2) is 59.8 Å². The molecular formula is C21H24ClN2OS-. The van der Waals surface area contributed by atoms with Crippen molar-refractivity contribution in [2.45, 2.75) is 13.8 Å². The van der Waals surface area contributed by atoms with Gasteiger partial charge in [0.05, 0.1) is 0 Å². The van der Waals surface area contributed by atoms with Crippen molar-refractivity contribution >= 4 is 38.4 Å². The zero-order valence-electron chi connectivity index (χ0n) is 15.2. The lowest BCUT2D eigenvalue weighted by Crippen LogP contribution is -3.00. The summed E-state index contributed by atoms with van der Waals surface area (Å²) in [6.45, 7) is 7.42. The number of hydrogen-bond acceptors (Lipinski definition) is 4. The minimum atomic E-state index is 0. The quantitative estimate of drug-likeness (QED) is 0.231. The molecule has 3 aromatic rings. The fourth-order valence-electron chi connectivity index (χ4n) is 3.21. The van der Waals surface area contributed by atoms with E-state index in [0.29, 0.717) is 5.04 Å². The molecule has 0 spiro atoms. The van der Waals surface area contributed by atoms with Crippen molar-refractivity contribution in [2.24, 2.45) is 5.16 Å². The maximum absolute atomic E-state index is 9.73. The highest BCUT2D eigenvalue weighted by molar-refractivity contribution is 8.14. The van der Waals surface area contributed by atoms with E-state index >= 15 is 0 Å². The molecule has 0 bridgehead atoms. The Morgan fingerprint density at radius 1 is 0.962 bits per heavy atom. The summed E-state index contributed by atoms with van der Waals surface area (Å²) >= 11 is 1.62. The molecule has 5 heteroatoms. The van der Waals surface area contributed by atoms with Crippen molar-refractivity contribution in [1.29, 1.82) is 0 Å². The predicted molar refractivity (Wildman–Crippen MR) is 110 cm³/mol. The summed E-state index contributed by atoms with van der Waals surface area (Å²) in [5, 5.41) is 18.7. The van der Waals surface area contributed by atoms with E-state index in [-0.39, 0.29) is 12.4 Å². The summed E-state index contributed by atoms with van der Waals surface area (Å²) in [6, 6.07) is 18.8. The molecular weight excluding hydrogens is 364 g/mol. The van der Waals surface area contributed by atoms with Crippen LogP contribution in [0.25, 0.3) is 21.5 Å². The first kappa shape index (κ1) is 20.6. The molecule has 0 heterocycles. The van der Waals surface area contributed by atoms with Gasteiger partial charge in [-0.25, -0.2) is 0 Å². The number of fused-ring (bicyclic) bond motifs is 2. The summed E-state index contributed by atoms with van der Waals surface area (Å²) in [6.07, 6.45) is 0. The van der Waals surface area contributed by atoms with Crippen LogP contribution in [-0.2, 0) is 0 Å². The number of rotatable bonds is 6. The lowest BCUT2D eigenvalue weighted by atomic mass is 9.97. The topological polar surface area (TPSA) is 35.8 Å². The second kappa shape index (κ2) is 9.81. The van der Waals surface area contributed by atoms with Crippen molar-refractivity contribution in [3.63, 3.8) is 0 Å². The van der Waals surface area contributed by atoms with Crippen LogP contribution < -0.4 is 12.4 Å². The molecule has 0 saturated carbocycles. The second-order valence-electron chi connectivity index (χ2n) is 5.97. The molecule has 0 aliphatic rings. The van der Waals surface area contributed by atoms with Crippen molar-refractivity contribution in [2.75, 3.05) is 25.4 Å². The Morgan fingerprint density at radius 3 is 2.00 bits per heavy atom. The average molecular weight is 388 g/mol. The van der Waals surface area contributed by atoms with Crippen LogP contribution in [0.1, 0.15) is 19.4 Å². The molecule has 1 N–H and O–H groups in total. The third-order valence-corrected chi connectivity index (χ3v) is 5.56. The Morgan fingerprint density at radius 2 is 1.50 bits per heavy atom. The number of hydrogen-bond donors (Lipinski definition) is 1. The minimum absolute atomic E-state index is 0. The van der Waals surface area contributed by atoms with E-state index in [2.05, 4.69) is 54.2 Å². The molecule has 0 radical (unpaired) electrons. The van der Waals surface area contributed by atoms with Gasteiger partial charge < -0.3 is 22.5 Å². The summed E-state index contributed by atoms with van der Waals surface area (Å²) in [5.41, 5.74) is 1.03. The van der Waals surface area contributed by atoms with Crippen LogP contribution in [-0.4, -0.2) is 40.5 Å². The summed E-state index contributed by atoms with van der Waals surface area (Å²) in [4.78, 5) is 2.38. The number of halogens is 1. The van der Waals surface area contributed by atoms with Crippen LogP contribution >= 0.6 is 11.8 Å². The summed E-state index contributed by atoms with van der Waals surface area (Å²) in [7, 11) is 0. The molecule has 26 heavy (non-hydrogen) atoms. The summed E-state index contributed by atoms with van der Waals surface area (Å²) < 4.78 is 0. The van der Waals surface area contributed by atoms with E-state index in [1.807, 2.05) is 24.3 Å². The van der Waals surface area contributed by atoms with Crippen molar-refractivity contribution in [3.8, 4) is 0 Å². The normalized spacial score (nSPS) is 11.9. The monoisotopic (exact) mass is 387 g/mol. The van der Waals surface area contributed by atoms with Gasteiger partial charge >= 0.3 is 0 Å². The van der Waals surface area contributed by atoms with Gasteiger partial charge in [0.2, 0.25) is 0 Å². The largest absolute Gasteiger partial charge is 1.00 e. The second-order valence-corrected chi connectivity index (χ2v) is 7.06. The van der Waals surface area contributed by atoms with Gasteiger partial charge in [0.15, 0.2) is 0 Å². The molecule has 138 valence electrons. The van der Waals surface area contributed by atoms with Gasteiger partial charge in [0.25, 0.3) is 0 Å². The molecule has 3 aromatic carbocycles. The van der Waals surface area contributed by atoms with Gasteiger partial charge in [-0.3, -0.25) is 0 Å². The molecule has 0 saturated heterocycles. The molecule has 0 amide bonds. The molecule has 0 atom stereocenters. The number of thioether (sulfide) groups is 1. The Hall–Kier alpha value is -1.75. The Labute approximate surface area is 165 Å². The molecule has 0 aromatic heterocycles. The number of oxime groups is 1. The van der Waals surface area contributed by atoms with Gasteiger partial charge in [-0.2, -0.15) is 0 Å². The minimum Gasteiger partial charge on any atom is -1.00 e. The van der Waals surface area contributed by atoms with Gasteiger partial charge in [-0.1, -0.05) is 67.5 Å². The first-order valence-electron chi connectivity index (χ1n) is 8.76. The fraction of sp³-hybridized carbons (Fsp3) is 0.286. The lowest BCUT2D eigenvalue weighted by Gasteiger charge is -2.18. The predicted octanol–water partition coefficient (Wildman–Crippen LogP) is 2.21. The lowest BCUT2D eigenvalue weighted by molar-refractivity contribution is -0.00000579. The highest BCUT2D eigenvalue weighted by Gasteiger charge is 2.14. The van der Waals surface area contributed by atoms with Gasteiger partial charge in [0, 0.05) is 17.9 Å². The van der Waals surface area contributed by atoms with E-state index in [1.165, 1.54) is 10.8 Å². The first-order chi connectivity index (χ1) is 12.3. The molecule has 0 aliphatic carbocycles. The van der Waals surface area contributed by atoms with Gasteiger partial charge in [0.1, 0.15) is 5.04 Å². The van der Waals surface area contributed by atoms with Crippen molar-refractivity contribution in [1.82, 2.24) is 4.90 Å². The maximum atomic E-state index is 9.73. The number of nitrogens with zero attached hydrogens (tertiary/aromatic N) is 2. The van der Waals surface area contributed by atoms with E-state index in [4.69, 9.17) is 0 Å². The standard InChI is InChI=1S/C21H24N2OS.ClH/c1-3-23(4-2)13-14-25-21(22-24)20-18-11-7-5-9-16(18)15-17-10-6-8-12-19(17)20;/h5-12,15,24H,3-4,13-14H2,1-2H3;1H/p-1/b22-21+;. The molecule has 3 nitrogen and oxygen atoms in total. The maximum Gasteiger partial charge on any atom is 0.144 e.